The molecule has 0 fully saturated rings. The summed E-state index contributed by atoms with van der Waals surface area (Å²) in [6.45, 7) is 4.88. The van der Waals surface area contributed by atoms with Crippen LogP contribution in [0.4, 0.5) is 0 Å². The number of carbonyl (C=O) groups is 1. The Balaban J connectivity index is 3.90. The molecule has 0 aliphatic heterocycles. The highest BCUT2D eigenvalue weighted by Gasteiger charge is 2.28. The Kier molecular flexibility index (Phi) is 42.4. The fourth-order valence-electron chi connectivity index (χ4n) is 7.99. The number of nitrogens with one attached hydrogen (secondary N) is 1. The fourth-order valence-corrected chi connectivity index (χ4v) is 8.73. The predicted octanol–water partition coefficient (Wildman–Crippen LogP) is 14.9. The van der Waals surface area contributed by atoms with Gasteiger partial charge in [0.25, 0.3) is 0 Å². The number of quaternary nitrogens is 1. The Morgan fingerprint density at radius 1 is 0.508 bits per heavy atom. The van der Waals surface area contributed by atoms with Crippen molar-refractivity contribution in [1.29, 1.82) is 0 Å². The van der Waals surface area contributed by atoms with Gasteiger partial charge in [-0.3, -0.25) is 13.8 Å². The summed E-state index contributed by atoms with van der Waals surface area (Å²) >= 11 is 0. The van der Waals surface area contributed by atoms with Gasteiger partial charge in [0.1, 0.15) is 13.2 Å². The molecular formula is C50H104N2O6P+. The molecule has 0 aromatic heterocycles. The number of nitrogens with zero attached hydrogens (tertiary/aromatic N) is 1. The van der Waals surface area contributed by atoms with Crippen molar-refractivity contribution in [2.75, 3.05) is 40.9 Å². The number of likely N-dealkylation sites (N-methyl/N-ethyl adjacent to an activating group) is 1. The highest BCUT2D eigenvalue weighted by atomic mass is 31.2. The van der Waals surface area contributed by atoms with Crippen molar-refractivity contribution in [1.82, 2.24) is 5.32 Å². The summed E-state index contributed by atoms with van der Waals surface area (Å²) in [5.74, 6) is -0.141. The van der Waals surface area contributed by atoms with E-state index in [1.807, 2.05) is 21.1 Å². The van der Waals surface area contributed by atoms with E-state index in [0.717, 1.165) is 38.5 Å². The quantitative estimate of drug-likeness (QED) is 0.0320. The van der Waals surface area contributed by atoms with Crippen molar-refractivity contribution in [2.24, 2.45) is 0 Å². The molecule has 0 rings (SSSR count). The molecule has 354 valence electrons. The lowest BCUT2D eigenvalue weighted by Gasteiger charge is -2.26. The Hall–Kier alpha value is -0.500. The molecule has 0 aromatic carbocycles. The first-order chi connectivity index (χ1) is 28.5. The molecule has 3 unspecified atom stereocenters. The lowest BCUT2D eigenvalue weighted by molar-refractivity contribution is -0.870. The summed E-state index contributed by atoms with van der Waals surface area (Å²) in [6.07, 6.45) is 48.9. The van der Waals surface area contributed by atoms with Crippen molar-refractivity contribution in [2.45, 2.75) is 276 Å². The average Bonchev–Trinajstić information content (AvgIpc) is 3.19. The third-order valence-corrected chi connectivity index (χ3v) is 13.1. The van der Waals surface area contributed by atoms with Gasteiger partial charge in [0.2, 0.25) is 5.91 Å². The first kappa shape index (κ1) is 58.5. The molecule has 59 heavy (non-hydrogen) atoms. The lowest BCUT2D eigenvalue weighted by Crippen LogP contribution is -2.46. The van der Waals surface area contributed by atoms with E-state index in [4.69, 9.17) is 9.05 Å². The van der Waals surface area contributed by atoms with Gasteiger partial charge in [0.15, 0.2) is 0 Å². The van der Waals surface area contributed by atoms with Gasteiger partial charge in [-0.1, -0.05) is 245 Å². The van der Waals surface area contributed by atoms with E-state index < -0.39 is 20.0 Å². The van der Waals surface area contributed by atoms with Gasteiger partial charge in [0, 0.05) is 6.42 Å². The second-order valence-corrected chi connectivity index (χ2v) is 20.7. The van der Waals surface area contributed by atoms with Crippen molar-refractivity contribution >= 4 is 13.7 Å². The van der Waals surface area contributed by atoms with Gasteiger partial charge in [0.05, 0.1) is 39.9 Å². The van der Waals surface area contributed by atoms with Crippen LogP contribution in [0.1, 0.15) is 264 Å². The van der Waals surface area contributed by atoms with Gasteiger partial charge in [-0.05, 0) is 12.8 Å². The number of phosphoric ester groups is 1. The summed E-state index contributed by atoms with van der Waals surface area (Å²) in [5, 5.41) is 13.9. The monoisotopic (exact) mass is 860 g/mol. The average molecular weight is 860 g/mol. The molecule has 0 aliphatic carbocycles. The molecule has 0 spiro atoms. The minimum absolute atomic E-state index is 0.0782. The summed E-state index contributed by atoms with van der Waals surface area (Å²) in [4.78, 5) is 23.1. The molecule has 9 heteroatoms. The summed E-state index contributed by atoms with van der Waals surface area (Å²) in [5.41, 5.74) is 0. The molecule has 8 nitrogen and oxygen atoms in total. The minimum atomic E-state index is -4.30. The standard InChI is InChI=1S/C50H103N2O6P/c1-6-8-10-12-14-16-17-18-19-20-21-22-23-24-25-26-27-28-29-30-31-32-33-34-35-36-38-40-42-44-50(54)51-48(47-58-59(55,56)57-46-45-52(3,4)5)49(53)43-41-39-37-15-13-11-9-7-2/h48-49,53H,6-47H2,1-5H3,(H-,51,54,55,56)/p+1. The second kappa shape index (κ2) is 42.8. The SMILES string of the molecule is CCCCCCCCCCCCCCCCCCCCCCCCCCCCCCCC(=O)NC(COP(=O)(O)OCC[N+](C)(C)C)C(O)CCCCCCCCCC. The number of hydrogen-bond donors (Lipinski definition) is 3. The van der Waals surface area contributed by atoms with Crippen LogP contribution in [0.5, 0.6) is 0 Å². The molecule has 0 heterocycles. The third-order valence-electron chi connectivity index (χ3n) is 12.1. The van der Waals surface area contributed by atoms with Gasteiger partial charge >= 0.3 is 7.82 Å². The molecule has 3 atom stereocenters. The normalized spacial score (nSPS) is 14.1. The van der Waals surface area contributed by atoms with Crippen molar-refractivity contribution in [3.63, 3.8) is 0 Å². The lowest BCUT2D eigenvalue weighted by atomic mass is 10.0. The van der Waals surface area contributed by atoms with Crippen LogP contribution in [0.3, 0.4) is 0 Å². The van der Waals surface area contributed by atoms with E-state index >= 15 is 0 Å². The van der Waals surface area contributed by atoms with Crippen LogP contribution in [-0.4, -0.2) is 73.4 Å². The molecule has 0 radical (unpaired) electrons. The van der Waals surface area contributed by atoms with Crippen molar-refractivity contribution in [3.8, 4) is 0 Å². The van der Waals surface area contributed by atoms with E-state index in [0.29, 0.717) is 23.9 Å². The molecular weight excluding hydrogens is 756 g/mol. The fraction of sp³-hybridized carbons (Fsp3) is 0.980. The van der Waals surface area contributed by atoms with Gasteiger partial charge in [-0.2, -0.15) is 0 Å². The maximum Gasteiger partial charge on any atom is 0.472 e. The van der Waals surface area contributed by atoms with Gasteiger partial charge in [-0.15, -0.1) is 0 Å². The topological polar surface area (TPSA) is 105 Å². The first-order valence-corrected chi connectivity index (χ1v) is 27.4. The maximum atomic E-state index is 12.9. The van der Waals surface area contributed by atoms with E-state index in [9.17, 15) is 19.4 Å². The number of amides is 1. The van der Waals surface area contributed by atoms with E-state index in [2.05, 4.69) is 19.2 Å². The maximum absolute atomic E-state index is 12.9. The number of aliphatic hydroxyl groups is 1. The Morgan fingerprint density at radius 2 is 0.814 bits per heavy atom. The number of phosphoric acid groups is 1. The van der Waals surface area contributed by atoms with Crippen LogP contribution < -0.4 is 5.32 Å². The molecule has 3 N–H and O–H groups in total. The molecule has 0 aromatic rings. The van der Waals surface area contributed by atoms with Crippen LogP contribution >= 0.6 is 7.82 Å². The second-order valence-electron chi connectivity index (χ2n) is 19.3. The largest absolute Gasteiger partial charge is 0.472 e. The number of unbranched alkanes of at least 4 members (excludes halogenated alkanes) is 35. The van der Waals surface area contributed by atoms with Gasteiger partial charge < -0.3 is 19.8 Å². The van der Waals surface area contributed by atoms with Gasteiger partial charge in [-0.25, -0.2) is 4.57 Å². The smallest absolute Gasteiger partial charge is 0.391 e. The highest BCUT2D eigenvalue weighted by molar-refractivity contribution is 7.47. The zero-order valence-electron chi connectivity index (χ0n) is 40.3. The third kappa shape index (κ3) is 45.3. The summed E-state index contributed by atoms with van der Waals surface area (Å²) in [6, 6.07) is -0.752. The van der Waals surface area contributed by atoms with Crippen LogP contribution in [0.15, 0.2) is 0 Å². The van der Waals surface area contributed by atoms with E-state index in [1.165, 1.54) is 199 Å². The zero-order chi connectivity index (χ0) is 43.6. The molecule has 0 saturated heterocycles. The first-order valence-electron chi connectivity index (χ1n) is 25.9. The van der Waals surface area contributed by atoms with Crippen LogP contribution in [-0.2, 0) is 18.4 Å². The molecule has 0 bridgehead atoms. The zero-order valence-corrected chi connectivity index (χ0v) is 41.2. The predicted molar refractivity (Wildman–Crippen MR) is 254 cm³/mol. The number of rotatable bonds is 48. The molecule has 1 amide bonds. The summed E-state index contributed by atoms with van der Waals surface area (Å²) < 4.78 is 23.6. The van der Waals surface area contributed by atoms with Crippen molar-refractivity contribution < 1.29 is 32.9 Å². The van der Waals surface area contributed by atoms with E-state index in [1.54, 1.807) is 0 Å². The Bertz CT molecular complexity index is 932. The van der Waals surface area contributed by atoms with Crippen LogP contribution in [0.25, 0.3) is 0 Å². The molecule has 0 saturated carbocycles. The number of hydrogen-bond acceptors (Lipinski definition) is 5. The molecule has 0 aliphatic rings. The highest BCUT2D eigenvalue weighted by Crippen LogP contribution is 2.43. The minimum Gasteiger partial charge on any atom is -0.391 e. The van der Waals surface area contributed by atoms with Crippen LogP contribution in [0, 0.1) is 0 Å². The summed E-state index contributed by atoms with van der Waals surface area (Å²) in [7, 11) is 1.63. The number of aliphatic hydroxyl groups excluding tert-OH is 1. The Labute approximate surface area is 368 Å². The van der Waals surface area contributed by atoms with Crippen molar-refractivity contribution in [3.05, 3.63) is 0 Å². The Morgan fingerprint density at radius 3 is 1.14 bits per heavy atom. The van der Waals surface area contributed by atoms with E-state index in [-0.39, 0.29) is 19.1 Å². The number of carbonyl (C=O) groups excluding carboxylic acids is 1. The van der Waals surface area contributed by atoms with Crippen LogP contribution in [0.2, 0.25) is 0 Å².